The first-order chi connectivity index (χ1) is 13.4. The Morgan fingerprint density at radius 3 is 2.36 bits per heavy atom. The lowest BCUT2D eigenvalue weighted by Gasteiger charge is -2.36. The number of fused-ring (bicyclic) bond motifs is 1. The van der Waals surface area contributed by atoms with Gasteiger partial charge in [-0.05, 0) is 54.1 Å². The number of anilines is 2. The lowest BCUT2D eigenvalue weighted by molar-refractivity contribution is 0.253. The first-order valence-corrected chi connectivity index (χ1v) is 10.2. The first kappa shape index (κ1) is 18.5. The number of sulfonamides is 1. The van der Waals surface area contributed by atoms with Gasteiger partial charge in [0, 0.05) is 5.02 Å². The monoisotopic (exact) mass is 416 g/mol. The van der Waals surface area contributed by atoms with Crippen LogP contribution in [0.5, 0.6) is 0 Å². The van der Waals surface area contributed by atoms with Gasteiger partial charge in [0.1, 0.15) is 10.7 Å². The van der Waals surface area contributed by atoms with Gasteiger partial charge in [-0.1, -0.05) is 35.9 Å². The number of hydrogen-bond acceptors (Lipinski definition) is 3. The van der Waals surface area contributed by atoms with Gasteiger partial charge in [0.2, 0.25) is 0 Å². The molecule has 0 saturated carbocycles. The fourth-order valence-corrected chi connectivity index (χ4v) is 4.83. The Bertz CT molecular complexity index is 1170. The third-order valence-corrected chi connectivity index (χ3v) is 6.37. The van der Waals surface area contributed by atoms with Crippen LogP contribution in [-0.4, -0.2) is 14.4 Å². The molecule has 5 nitrogen and oxygen atoms in total. The SMILES string of the molecule is O=C1N(Cc2cccc(F)c2)c2ccccc2S(=O)(=O)N1c1ccc(Cl)cc1. The molecule has 28 heavy (non-hydrogen) atoms. The topological polar surface area (TPSA) is 57.7 Å². The second kappa shape index (κ2) is 6.92. The Labute approximate surface area is 166 Å². The first-order valence-electron chi connectivity index (χ1n) is 8.34. The number of rotatable bonds is 3. The maximum atomic E-state index is 13.6. The third-order valence-electron chi connectivity index (χ3n) is 4.37. The molecule has 4 rings (SSSR count). The Balaban J connectivity index is 1.86. The molecule has 0 bridgehead atoms. The molecule has 0 fully saturated rings. The normalized spacial score (nSPS) is 15.4. The van der Waals surface area contributed by atoms with E-state index in [0.29, 0.717) is 10.6 Å². The Hall–Kier alpha value is -2.90. The fourth-order valence-electron chi connectivity index (χ4n) is 3.11. The van der Waals surface area contributed by atoms with Crippen LogP contribution in [0.15, 0.2) is 77.7 Å². The van der Waals surface area contributed by atoms with Crippen LogP contribution in [0.1, 0.15) is 5.56 Å². The number of para-hydroxylation sites is 1. The zero-order valence-corrected chi connectivity index (χ0v) is 16.0. The predicted molar refractivity (Wildman–Crippen MR) is 106 cm³/mol. The van der Waals surface area contributed by atoms with E-state index in [1.54, 1.807) is 30.3 Å². The fraction of sp³-hybridized carbons (Fsp3) is 0.0500. The number of carbonyl (C=O) groups excluding carboxylic acids is 1. The molecule has 0 aliphatic carbocycles. The van der Waals surface area contributed by atoms with Crippen molar-refractivity contribution in [1.29, 1.82) is 0 Å². The lowest BCUT2D eigenvalue weighted by Crippen LogP contribution is -2.50. The minimum Gasteiger partial charge on any atom is -0.287 e. The molecule has 0 spiro atoms. The van der Waals surface area contributed by atoms with Crippen LogP contribution in [-0.2, 0) is 16.6 Å². The van der Waals surface area contributed by atoms with Crippen molar-refractivity contribution in [2.45, 2.75) is 11.4 Å². The second-order valence-corrected chi connectivity index (χ2v) is 8.40. The predicted octanol–water partition coefficient (Wildman–Crippen LogP) is 4.81. The molecule has 1 heterocycles. The molecule has 2 amide bonds. The van der Waals surface area contributed by atoms with Crippen molar-refractivity contribution in [3.63, 3.8) is 0 Å². The van der Waals surface area contributed by atoms with E-state index in [2.05, 4.69) is 0 Å². The smallest absolute Gasteiger partial charge is 0.287 e. The van der Waals surface area contributed by atoms with E-state index in [4.69, 9.17) is 11.6 Å². The molecule has 0 unspecified atom stereocenters. The van der Waals surface area contributed by atoms with Crippen LogP contribution in [0, 0.1) is 5.82 Å². The van der Waals surface area contributed by atoms with E-state index in [-0.39, 0.29) is 22.8 Å². The van der Waals surface area contributed by atoms with Gasteiger partial charge < -0.3 is 0 Å². The van der Waals surface area contributed by atoms with Crippen LogP contribution in [0.3, 0.4) is 0 Å². The number of halogens is 2. The summed E-state index contributed by atoms with van der Waals surface area (Å²) in [6.45, 7) is 0.0210. The molecule has 142 valence electrons. The van der Waals surface area contributed by atoms with Crippen molar-refractivity contribution in [2.24, 2.45) is 0 Å². The Morgan fingerprint density at radius 1 is 0.929 bits per heavy atom. The van der Waals surface area contributed by atoms with Crippen LogP contribution in [0.25, 0.3) is 0 Å². The summed E-state index contributed by atoms with van der Waals surface area (Å²) < 4.78 is 40.6. The molecule has 0 radical (unpaired) electrons. The third kappa shape index (κ3) is 3.12. The van der Waals surface area contributed by atoms with E-state index in [0.717, 1.165) is 4.31 Å². The van der Waals surface area contributed by atoms with Gasteiger partial charge in [-0.15, -0.1) is 0 Å². The molecule has 3 aromatic rings. The summed E-state index contributed by atoms with van der Waals surface area (Å²) in [7, 11) is -4.11. The number of hydrogen-bond donors (Lipinski definition) is 0. The van der Waals surface area contributed by atoms with Gasteiger partial charge in [-0.2, -0.15) is 4.31 Å². The maximum Gasteiger partial charge on any atom is 0.343 e. The number of amides is 2. The minimum atomic E-state index is -4.11. The molecular weight excluding hydrogens is 403 g/mol. The standard InChI is InChI=1S/C20H14ClFN2O3S/c21-15-8-10-17(11-9-15)24-20(25)23(13-14-4-3-5-16(22)12-14)18-6-1-2-7-19(18)28(24,26)27/h1-12H,13H2. The summed E-state index contributed by atoms with van der Waals surface area (Å²) in [6.07, 6.45) is 0. The van der Waals surface area contributed by atoms with E-state index in [1.807, 2.05) is 0 Å². The molecule has 0 N–H and O–H groups in total. The summed E-state index contributed by atoms with van der Waals surface area (Å²) in [5, 5.41) is 0.419. The number of nitrogens with zero attached hydrogens (tertiary/aromatic N) is 2. The summed E-state index contributed by atoms with van der Waals surface area (Å²) in [5.41, 5.74) is 0.966. The summed E-state index contributed by atoms with van der Waals surface area (Å²) in [5.74, 6) is -0.433. The van der Waals surface area contributed by atoms with Crippen molar-refractivity contribution >= 4 is 39.0 Å². The van der Waals surface area contributed by atoms with Crippen LogP contribution >= 0.6 is 11.6 Å². The van der Waals surface area contributed by atoms with Crippen molar-refractivity contribution in [2.75, 3.05) is 9.21 Å². The molecule has 1 aliphatic rings. The highest BCUT2D eigenvalue weighted by molar-refractivity contribution is 7.94. The maximum absolute atomic E-state index is 13.6. The molecular formula is C20H14ClFN2O3S. The van der Waals surface area contributed by atoms with Crippen molar-refractivity contribution in [3.8, 4) is 0 Å². The largest absolute Gasteiger partial charge is 0.343 e. The molecule has 1 aliphatic heterocycles. The van der Waals surface area contributed by atoms with E-state index < -0.39 is 21.9 Å². The molecule has 0 aromatic heterocycles. The van der Waals surface area contributed by atoms with Gasteiger partial charge in [-0.3, -0.25) is 4.90 Å². The molecule has 8 heteroatoms. The lowest BCUT2D eigenvalue weighted by atomic mass is 10.2. The van der Waals surface area contributed by atoms with Crippen molar-refractivity contribution in [3.05, 3.63) is 89.2 Å². The summed E-state index contributed by atoms with van der Waals surface area (Å²) in [4.78, 5) is 14.5. The quantitative estimate of drug-likeness (QED) is 0.615. The van der Waals surface area contributed by atoms with Gasteiger partial charge in [0.25, 0.3) is 10.0 Å². The van der Waals surface area contributed by atoms with Gasteiger partial charge >= 0.3 is 6.03 Å². The highest BCUT2D eigenvalue weighted by Crippen LogP contribution is 2.38. The average molecular weight is 417 g/mol. The number of benzene rings is 3. The van der Waals surface area contributed by atoms with Crippen LogP contribution in [0.2, 0.25) is 5.02 Å². The number of urea groups is 1. The van der Waals surface area contributed by atoms with E-state index in [9.17, 15) is 17.6 Å². The molecule has 3 aromatic carbocycles. The summed E-state index contributed by atoms with van der Waals surface area (Å²) in [6, 6.07) is 17.3. The summed E-state index contributed by atoms with van der Waals surface area (Å²) >= 11 is 5.89. The molecule has 0 atom stereocenters. The van der Waals surface area contributed by atoms with Crippen molar-refractivity contribution in [1.82, 2.24) is 0 Å². The van der Waals surface area contributed by atoms with Gasteiger partial charge in [-0.25, -0.2) is 17.6 Å². The Kier molecular flexibility index (Phi) is 4.56. The van der Waals surface area contributed by atoms with Gasteiger partial charge in [0.05, 0.1) is 17.9 Å². The number of carbonyl (C=O) groups is 1. The Morgan fingerprint density at radius 2 is 1.64 bits per heavy atom. The van der Waals surface area contributed by atoms with E-state index >= 15 is 0 Å². The zero-order valence-electron chi connectivity index (χ0n) is 14.4. The minimum absolute atomic E-state index is 0.000882. The average Bonchev–Trinajstić information content (AvgIpc) is 2.67. The molecule has 0 saturated heterocycles. The van der Waals surface area contributed by atoms with Gasteiger partial charge in [0.15, 0.2) is 0 Å². The van der Waals surface area contributed by atoms with Crippen LogP contribution < -0.4 is 9.21 Å². The van der Waals surface area contributed by atoms with Crippen LogP contribution in [0.4, 0.5) is 20.6 Å². The highest BCUT2D eigenvalue weighted by atomic mass is 35.5. The van der Waals surface area contributed by atoms with Crippen molar-refractivity contribution < 1.29 is 17.6 Å². The second-order valence-electron chi connectivity index (χ2n) is 6.21. The van der Waals surface area contributed by atoms with E-state index in [1.165, 1.54) is 47.4 Å². The zero-order chi connectivity index (χ0) is 19.9. The highest BCUT2D eigenvalue weighted by Gasteiger charge is 2.42.